The molecule has 4 heterocycles. The quantitative estimate of drug-likeness (QED) is 0.751. The number of piperidine rings is 1. The second-order valence-corrected chi connectivity index (χ2v) is 10.6. The molecule has 3 fully saturated rings. The van der Waals surface area contributed by atoms with Crippen molar-refractivity contribution in [2.75, 3.05) is 45.5 Å². The molecule has 0 N–H and O–H groups in total. The van der Waals surface area contributed by atoms with Crippen molar-refractivity contribution in [2.45, 2.75) is 32.7 Å². The molecule has 2 spiro atoms. The van der Waals surface area contributed by atoms with Gasteiger partial charge in [0.2, 0.25) is 15.9 Å². The summed E-state index contributed by atoms with van der Waals surface area (Å²) in [5.41, 5.74) is 0.243. The zero-order valence-corrected chi connectivity index (χ0v) is 17.6. The Bertz CT molecular complexity index is 836. The van der Waals surface area contributed by atoms with Gasteiger partial charge in [-0.25, -0.2) is 12.7 Å². The van der Waals surface area contributed by atoms with Crippen LogP contribution in [0.1, 0.15) is 31.9 Å². The Balaban J connectivity index is 1.57. The number of rotatable bonds is 4. The topological polar surface area (TPSA) is 73.8 Å². The van der Waals surface area contributed by atoms with E-state index >= 15 is 0 Å². The molecular formula is C20H30N4O3S. The van der Waals surface area contributed by atoms with Crippen molar-refractivity contribution in [3.63, 3.8) is 0 Å². The SMILES string of the molecule is CCN1CCC2(CN(S(C)(=O)=O)CC23CCN(Cc2ccccn2)CC3)C1=O. The van der Waals surface area contributed by atoms with Gasteiger partial charge in [-0.2, -0.15) is 0 Å². The minimum absolute atomic E-state index is 0.166. The van der Waals surface area contributed by atoms with Gasteiger partial charge in [0.05, 0.1) is 17.4 Å². The molecule has 1 amide bonds. The molecule has 0 radical (unpaired) electrons. The Morgan fingerprint density at radius 1 is 1.11 bits per heavy atom. The van der Waals surface area contributed by atoms with Crippen LogP contribution in [0.25, 0.3) is 0 Å². The Kier molecular flexibility index (Phi) is 5.00. The lowest BCUT2D eigenvalue weighted by atomic mass is 9.60. The summed E-state index contributed by atoms with van der Waals surface area (Å²) >= 11 is 0. The van der Waals surface area contributed by atoms with Gasteiger partial charge in [0.25, 0.3) is 0 Å². The molecule has 1 atom stereocenters. The molecule has 0 bridgehead atoms. The van der Waals surface area contributed by atoms with Crippen molar-refractivity contribution < 1.29 is 13.2 Å². The largest absolute Gasteiger partial charge is 0.342 e. The van der Waals surface area contributed by atoms with Crippen LogP contribution in [0.3, 0.4) is 0 Å². The molecule has 8 heteroatoms. The smallest absolute Gasteiger partial charge is 0.230 e. The van der Waals surface area contributed by atoms with Crippen LogP contribution in [0.15, 0.2) is 24.4 Å². The van der Waals surface area contributed by atoms with Gasteiger partial charge in [0.1, 0.15) is 0 Å². The predicted molar refractivity (Wildman–Crippen MR) is 107 cm³/mol. The van der Waals surface area contributed by atoms with Crippen LogP contribution in [0, 0.1) is 10.8 Å². The summed E-state index contributed by atoms with van der Waals surface area (Å²) in [6.07, 6.45) is 5.57. The minimum Gasteiger partial charge on any atom is -0.342 e. The number of carbonyl (C=O) groups excluding carboxylic acids is 1. The van der Waals surface area contributed by atoms with Crippen molar-refractivity contribution in [3.05, 3.63) is 30.1 Å². The van der Waals surface area contributed by atoms with Crippen molar-refractivity contribution in [1.82, 2.24) is 19.1 Å². The first kappa shape index (κ1) is 19.8. The number of hydrogen-bond acceptors (Lipinski definition) is 5. The molecule has 0 aliphatic carbocycles. The maximum Gasteiger partial charge on any atom is 0.230 e. The number of sulfonamides is 1. The molecule has 7 nitrogen and oxygen atoms in total. The monoisotopic (exact) mass is 406 g/mol. The molecule has 3 aliphatic heterocycles. The third kappa shape index (κ3) is 3.15. The average molecular weight is 407 g/mol. The highest BCUT2D eigenvalue weighted by molar-refractivity contribution is 7.88. The maximum atomic E-state index is 13.4. The third-order valence-corrected chi connectivity index (χ3v) is 8.42. The molecule has 0 saturated carbocycles. The van der Waals surface area contributed by atoms with Crippen LogP contribution in [0.4, 0.5) is 0 Å². The summed E-state index contributed by atoms with van der Waals surface area (Å²) in [5, 5.41) is 0. The van der Waals surface area contributed by atoms with E-state index in [0.717, 1.165) is 51.1 Å². The van der Waals surface area contributed by atoms with Gasteiger partial charge in [-0.1, -0.05) is 6.07 Å². The molecule has 4 rings (SSSR count). The molecule has 3 saturated heterocycles. The summed E-state index contributed by atoms with van der Waals surface area (Å²) in [6.45, 7) is 6.81. The highest BCUT2D eigenvalue weighted by atomic mass is 32.2. The summed E-state index contributed by atoms with van der Waals surface area (Å²) in [7, 11) is -3.31. The first-order valence-corrected chi connectivity index (χ1v) is 12.0. The van der Waals surface area contributed by atoms with E-state index in [0.29, 0.717) is 19.6 Å². The van der Waals surface area contributed by atoms with Crippen LogP contribution in [-0.4, -0.2) is 78.9 Å². The van der Waals surface area contributed by atoms with Crippen LogP contribution in [-0.2, 0) is 21.4 Å². The standard InChI is InChI=1S/C20H30N4O3S/c1-3-23-13-9-20(18(23)25)16-24(28(2,26)27)15-19(20)7-11-22(12-8-19)14-17-6-4-5-10-21-17/h4-6,10H,3,7-9,11-16H2,1-2H3. The van der Waals surface area contributed by atoms with Gasteiger partial charge in [-0.3, -0.25) is 14.7 Å². The van der Waals surface area contributed by atoms with E-state index in [1.165, 1.54) is 6.26 Å². The van der Waals surface area contributed by atoms with Crippen LogP contribution >= 0.6 is 0 Å². The fourth-order valence-electron chi connectivity index (χ4n) is 5.52. The maximum absolute atomic E-state index is 13.4. The van der Waals surface area contributed by atoms with Gasteiger partial charge in [0.15, 0.2) is 0 Å². The molecule has 1 unspecified atom stereocenters. The lowest BCUT2D eigenvalue weighted by molar-refractivity contribution is -0.142. The predicted octanol–water partition coefficient (Wildman–Crippen LogP) is 1.18. The lowest BCUT2D eigenvalue weighted by Crippen LogP contribution is -2.52. The van der Waals surface area contributed by atoms with E-state index in [-0.39, 0.29) is 11.3 Å². The fraction of sp³-hybridized carbons (Fsp3) is 0.700. The third-order valence-electron chi connectivity index (χ3n) is 7.22. The summed E-state index contributed by atoms with van der Waals surface area (Å²) < 4.78 is 26.3. The summed E-state index contributed by atoms with van der Waals surface area (Å²) in [6, 6.07) is 5.95. The number of carbonyl (C=O) groups is 1. The van der Waals surface area contributed by atoms with Crippen LogP contribution in [0.5, 0.6) is 0 Å². The van der Waals surface area contributed by atoms with Crippen LogP contribution in [0.2, 0.25) is 0 Å². The minimum atomic E-state index is -3.31. The van der Waals surface area contributed by atoms with Gasteiger partial charge in [-0.05, 0) is 51.4 Å². The van der Waals surface area contributed by atoms with Gasteiger partial charge in [0, 0.05) is 44.3 Å². The number of pyridine rings is 1. The van der Waals surface area contributed by atoms with E-state index in [4.69, 9.17) is 0 Å². The average Bonchev–Trinajstić information content (AvgIpc) is 3.17. The fourth-order valence-corrected chi connectivity index (χ4v) is 6.46. The molecule has 0 aromatic carbocycles. The van der Waals surface area contributed by atoms with E-state index in [1.54, 1.807) is 4.31 Å². The van der Waals surface area contributed by atoms with Gasteiger partial charge in [-0.15, -0.1) is 0 Å². The highest BCUT2D eigenvalue weighted by Gasteiger charge is 2.66. The van der Waals surface area contributed by atoms with Crippen molar-refractivity contribution in [2.24, 2.45) is 10.8 Å². The van der Waals surface area contributed by atoms with Crippen molar-refractivity contribution in [3.8, 4) is 0 Å². The number of amides is 1. The Labute approximate surface area is 167 Å². The second kappa shape index (κ2) is 7.07. The first-order chi connectivity index (χ1) is 13.3. The van der Waals surface area contributed by atoms with Crippen LogP contribution < -0.4 is 0 Å². The van der Waals surface area contributed by atoms with Gasteiger partial charge < -0.3 is 4.90 Å². The second-order valence-electron chi connectivity index (χ2n) is 8.63. The first-order valence-electron chi connectivity index (χ1n) is 10.2. The molecule has 1 aromatic heterocycles. The Morgan fingerprint density at radius 3 is 2.43 bits per heavy atom. The zero-order chi connectivity index (χ0) is 20.0. The Hall–Kier alpha value is -1.51. The molecule has 3 aliphatic rings. The number of hydrogen-bond donors (Lipinski definition) is 0. The lowest BCUT2D eigenvalue weighted by Gasteiger charge is -2.47. The van der Waals surface area contributed by atoms with E-state index in [9.17, 15) is 13.2 Å². The normalized spacial score (nSPS) is 28.6. The molecule has 1 aromatic rings. The number of nitrogens with zero attached hydrogens (tertiary/aromatic N) is 4. The molecule has 154 valence electrons. The van der Waals surface area contributed by atoms with Crippen molar-refractivity contribution in [1.29, 1.82) is 0 Å². The van der Waals surface area contributed by atoms with E-state index in [2.05, 4.69) is 9.88 Å². The number of likely N-dealkylation sites (tertiary alicyclic amines) is 2. The highest BCUT2D eigenvalue weighted by Crippen LogP contribution is 2.58. The van der Waals surface area contributed by atoms with E-state index < -0.39 is 15.4 Å². The molecular weight excluding hydrogens is 376 g/mol. The summed E-state index contributed by atoms with van der Waals surface area (Å²) in [4.78, 5) is 22.1. The number of fused-ring (bicyclic) bond motifs is 1. The Morgan fingerprint density at radius 2 is 1.86 bits per heavy atom. The summed E-state index contributed by atoms with van der Waals surface area (Å²) in [5.74, 6) is 0.166. The van der Waals surface area contributed by atoms with Crippen molar-refractivity contribution >= 4 is 15.9 Å². The van der Waals surface area contributed by atoms with Gasteiger partial charge >= 0.3 is 0 Å². The number of aromatic nitrogens is 1. The zero-order valence-electron chi connectivity index (χ0n) is 16.8. The molecule has 28 heavy (non-hydrogen) atoms. The van der Waals surface area contributed by atoms with E-state index in [1.807, 2.05) is 36.2 Å².